The summed E-state index contributed by atoms with van der Waals surface area (Å²) in [4.78, 5) is 0. The first-order chi connectivity index (χ1) is 9.95. The third-order valence-corrected chi connectivity index (χ3v) is 3.26. The predicted octanol–water partition coefficient (Wildman–Crippen LogP) is 4.32. The monoisotopic (exact) mass is 315 g/mol. The van der Waals surface area contributed by atoms with Crippen molar-refractivity contribution in [3.63, 3.8) is 0 Å². The molecule has 112 valence electrons. The summed E-state index contributed by atoms with van der Waals surface area (Å²) in [5, 5.41) is 0.0413. The summed E-state index contributed by atoms with van der Waals surface area (Å²) in [6.07, 6.45) is 0.353. The number of halogens is 4. The second-order valence-corrected chi connectivity index (χ2v) is 4.92. The Morgan fingerprint density at radius 1 is 1.14 bits per heavy atom. The first kappa shape index (κ1) is 15.7. The minimum absolute atomic E-state index is 0.0413. The molecule has 0 aliphatic rings. The van der Waals surface area contributed by atoms with Crippen molar-refractivity contribution in [2.45, 2.75) is 19.1 Å². The zero-order valence-electron chi connectivity index (χ0n) is 10.9. The molecule has 0 fully saturated rings. The van der Waals surface area contributed by atoms with Gasteiger partial charge in [-0.1, -0.05) is 29.8 Å². The van der Waals surface area contributed by atoms with Crippen LogP contribution in [-0.4, -0.2) is 6.61 Å². The van der Waals surface area contributed by atoms with Gasteiger partial charge in [-0.2, -0.15) is 8.78 Å². The Bertz CT molecular complexity index is 622. The van der Waals surface area contributed by atoms with Gasteiger partial charge in [-0.05, 0) is 41.8 Å². The lowest BCUT2D eigenvalue weighted by Crippen LogP contribution is -2.14. The zero-order chi connectivity index (χ0) is 15.4. The molecule has 0 amide bonds. The quantitative estimate of drug-likeness (QED) is 0.891. The minimum Gasteiger partial charge on any atom is -0.435 e. The zero-order valence-corrected chi connectivity index (χ0v) is 11.7. The van der Waals surface area contributed by atoms with E-state index in [9.17, 15) is 13.2 Å². The summed E-state index contributed by atoms with van der Waals surface area (Å²) in [5.41, 5.74) is 7.32. The molecule has 1 atom stereocenters. The number of alkyl halides is 2. The molecule has 6 heteroatoms. The van der Waals surface area contributed by atoms with Crippen molar-refractivity contribution in [2.24, 2.45) is 5.73 Å². The van der Waals surface area contributed by atoms with Crippen LogP contribution in [0.2, 0.25) is 5.02 Å². The Kier molecular flexibility index (Phi) is 5.09. The van der Waals surface area contributed by atoms with Gasteiger partial charge in [-0.25, -0.2) is 4.39 Å². The van der Waals surface area contributed by atoms with Gasteiger partial charge in [0.1, 0.15) is 11.6 Å². The Morgan fingerprint density at radius 3 is 2.57 bits per heavy atom. The second kappa shape index (κ2) is 6.83. The van der Waals surface area contributed by atoms with Crippen LogP contribution in [-0.2, 0) is 6.42 Å². The van der Waals surface area contributed by atoms with Crippen LogP contribution in [0, 0.1) is 5.82 Å². The first-order valence-electron chi connectivity index (χ1n) is 6.20. The number of rotatable bonds is 5. The number of ether oxygens (including phenoxy) is 1. The lowest BCUT2D eigenvalue weighted by molar-refractivity contribution is -0.0499. The molecular weight excluding hydrogens is 303 g/mol. The largest absolute Gasteiger partial charge is 0.435 e. The summed E-state index contributed by atoms with van der Waals surface area (Å²) in [7, 11) is 0. The van der Waals surface area contributed by atoms with Crippen LogP contribution >= 0.6 is 11.6 Å². The fourth-order valence-electron chi connectivity index (χ4n) is 1.96. The molecule has 0 bridgehead atoms. The van der Waals surface area contributed by atoms with Gasteiger partial charge in [-0.15, -0.1) is 0 Å². The summed E-state index contributed by atoms with van der Waals surface area (Å²) >= 11 is 5.61. The van der Waals surface area contributed by atoms with Crippen molar-refractivity contribution in [2.75, 3.05) is 0 Å². The van der Waals surface area contributed by atoms with Gasteiger partial charge in [0.2, 0.25) is 0 Å². The Balaban J connectivity index is 2.12. The van der Waals surface area contributed by atoms with E-state index < -0.39 is 18.5 Å². The predicted molar refractivity (Wildman–Crippen MR) is 75.1 cm³/mol. The van der Waals surface area contributed by atoms with Crippen LogP contribution in [0.15, 0.2) is 42.5 Å². The van der Waals surface area contributed by atoms with Crippen LogP contribution in [0.1, 0.15) is 17.2 Å². The molecule has 0 aromatic heterocycles. The Morgan fingerprint density at radius 2 is 1.90 bits per heavy atom. The first-order valence-corrected chi connectivity index (χ1v) is 6.58. The molecule has 0 saturated carbocycles. The molecule has 1 unspecified atom stereocenters. The minimum atomic E-state index is -2.89. The lowest BCUT2D eigenvalue weighted by Gasteiger charge is -2.14. The van der Waals surface area contributed by atoms with Crippen molar-refractivity contribution in [3.8, 4) is 5.75 Å². The molecule has 0 spiro atoms. The van der Waals surface area contributed by atoms with Gasteiger partial charge >= 0.3 is 6.61 Å². The van der Waals surface area contributed by atoms with Crippen molar-refractivity contribution < 1.29 is 17.9 Å². The van der Waals surface area contributed by atoms with Gasteiger partial charge < -0.3 is 10.5 Å². The van der Waals surface area contributed by atoms with Gasteiger partial charge in [-0.3, -0.25) is 0 Å². The molecule has 2 nitrogen and oxygen atoms in total. The highest BCUT2D eigenvalue weighted by atomic mass is 35.5. The van der Waals surface area contributed by atoms with Gasteiger partial charge in [0.15, 0.2) is 0 Å². The lowest BCUT2D eigenvalue weighted by atomic mass is 9.99. The van der Waals surface area contributed by atoms with Gasteiger partial charge in [0.25, 0.3) is 0 Å². The van der Waals surface area contributed by atoms with E-state index in [1.807, 2.05) is 0 Å². The van der Waals surface area contributed by atoms with Crippen LogP contribution in [0.25, 0.3) is 0 Å². The molecular formula is C15H13ClF3NO. The van der Waals surface area contributed by atoms with Crippen molar-refractivity contribution in [1.82, 2.24) is 0 Å². The topological polar surface area (TPSA) is 35.2 Å². The maximum atomic E-state index is 13.4. The third-order valence-electron chi connectivity index (χ3n) is 2.95. The molecule has 2 N–H and O–H groups in total. The van der Waals surface area contributed by atoms with Crippen molar-refractivity contribution in [1.29, 1.82) is 0 Å². The third kappa shape index (κ3) is 4.37. The molecule has 2 aromatic rings. The van der Waals surface area contributed by atoms with Gasteiger partial charge in [0.05, 0.1) is 5.02 Å². The molecule has 0 heterocycles. The molecule has 0 radical (unpaired) electrons. The van der Waals surface area contributed by atoms with E-state index in [2.05, 4.69) is 4.74 Å². The fraction of sp³-hybridized carbons (Fsp3) is 0.200. The molecule has 2 aromatic carbocycles. The summed E-state index contributed by atoms with van der Waals surface area (Å²) in [6, 6.07) is 10.1. The molecule has 2 rings (SSSR count). The van der Waals surface area contributed by atoms with Crippen LogP contribution in [0.3, 0.4) is 0 Å². The van der Waals surface area contributed by atoms with E-state index in [0.717, 1.165) is 0 Å². The Labute approximate surface area is 125 Å². The standard InChI is InChI=1S/C15H13ClF3NO/c16-12-5-4-9(6-13(12)17)7-14(20)10-2-1-3-11(8-10)21-15(18)19/h1-6,8,14-15H,7,20H2. The molecule has 0 aliphatic carbocycles. The summed E-state index contributed by atoms with van der Waals surface area (Å²) in [6.45, 7) is -2.89. The molecule has 21 heavy (non-hydrogen) atoms. The summed E-state index contributed by atoms with van der Waals surface area (Å²) in [5.74, 6) is -0.476. The average Bonchev–Trinajstić information content (AvgIpc) is 2.42. The SMILES string of the molecule is NC(Cc1ccc(Cl)c(F)c1)c1cccc(OC(F)F)c1. The number of nitrogens with two attached hydrogens (primary N) is 1. The smallest absolute Gasteiger partial charge is 0.387 e. The van der Waals surface area contributed by atoms with Crippen molar-refractivity contribution >= 4 is 11.6 Å². The van der Waals surface area contributed by atoms with Crippen LogP contribution < -0.4 is 10.5 Å². The van der Waals surface area contributed by atoms with Crippen LogP contribution in [0.4, 0.5) is 13.2 Å². The van der Waals surface area contributed by atoms with E-state index in [0.29, 0.717) is 17.5 Å². The maximum Gasteiger partial charge on any atom is 0.387 e. The van der Waals surface area contributed by atoms with E-state index in [-0.39, 0.29) is 10.8 Å². The highest BCUT2D eigenvalue weighted by molar-refractivity contribution is 6.30. The average molecular weight is 316 g/mol. The Hall–Kier alpha value is -1.72. The highest BCUT2D eigenvalue weighted by Crippen LogP contribution is 2.23. The normalized spacial score (nSPS) is 12.5. The summed E-state index contributed by atoms with van der Waals surface area (Å²) < 4.78 is 42.0. The van der Waals surface area contributed by atoms with E-state index >= 15 is 0 Å². The molecule has 0 saturated heterocycles. The highest BCUT2D eigenvalue weighted by Gasteiger charge is 2.11. The van der Waals surface area contributed by atoms with Gasteiger partial charge in [0, 0.05) is 6.04 Å². The number of hydrogen-bond donors (Lipinski definition) is 1. The van der Waals surface area contributed by atoms with Crippen LogP contribution in [0.5, 0.6) is 5.75 Å². The maximum absolute atomic E-state index is 13.4. The number of hydrogen-bond acceptors (Lipinski definition) is 2. The van der Waals surface area contributed by atoms with Crippen molar-refractivity contribution in [3.05, 3.63) is 64.4 Å². The second-order valence-electron chi connectivity index (χ2n) is 4.51. The number of benzene rings is 2. The van der Waals surface area contributed by atoms with E-state index in [1.165, 1.54) is 24.3 Å². The fourth-order valence-corrected chi connectivity index (χ4v) is 2.08. The van der Waals surface area contributed by atoms with E-state index in [4.69, 9.17) is 17.3 Å². The van der Waals surface area contributed by atoms with E-state index in [1.54, 1.807) is 18.2 Å². The molecule has 0 aliphatic heterocycles.